The van der Waals surface area contributed by atoms with Crippen molar-refractivity contribution in [2.45, 2.75) is 13.3 Å². The van der Waals surface area contributed by atoms with Gasteiger partial charge in [0, 0.05) is 23.2 Å². The third-order valence-corrected chi connectivity index (χ3v) is 3.05. The van der Waals surface area contributed by atoms with Crippen LogP contribution >= 0.6 is 11.6 Å². The van der Waals surface area contributed by atoms with E-state index in [0.717, 1.165) is 22.2 Å². The number of benzene rings is 1. The molecule has 0 amide bonds. The highest BCUT2D eigenvalue weighted by Crippen LogP contribution is 2.32. The Balaban J connectivity index is 2.67. The van der Waals surface area contributed by atoms with E-state index in [0.29, 0.717) is 17.2 Å². The van der Waals surface area contributed by atoms with Crippen molar-refractivity contribution in [2.75, 3.05) is 13.7 Å². The smallest absolute Gasteiger partial charge is 0.138 e. The second-order valence-electron chi connectivity index (χ2n) is 3.73. The molecule has 0 saturated heterocycles. The lowest BCUT2D eigenvalue weighted by Crippen LogP contribution is -1.91. The Morgan fingerprint density at radius 3 is 2.81 bits per heavy atom. The molecule has 0 fully saturated rings. The Kier molecular flexibility index (Phi) is 3.08. The first kappa shape index (κ1) is 11.3. The van der Waals surface area contributed by atoms with E-state index in [4.69, 9.17) is 21.4 Å². The molecule has 0 saturated carbocycles. The highest BCUT2D eigenvalue weighted by atomic mass is 35.5. The van der Waals surface area contributed by atoms with Gasteiger partial charge in [0.15, 0.2) is 0 Å². The predicted octanol–water partition coefficient (Wildman–Crippen LogP) is 2.67. The van der Waals surface area contributed by atoms with Crippen molar-refractivity contribution in [3.63, 3.8) is 0 Å². The first-order chi connectivity index (χ1) is 7.67. The molecule has 0 spiro atoms. The van der Waals surface area contributed by atoms with Crippen molar-refractivity contribution in [1.82, 2.24) is 4.98 Å². The number of hydrogen-bond donors (Lipinski definition) is 2. The number of aromatic nitrogens is 1. The number of aliphatic hydroxyl groups excluding tert-OH is 1. The molecule has 0 radical (unpaired) electrons. The lowest BCUT2D eigenvalue weighted by Gasteiger charge is -2.04. The van der Waals surface area contributed by atoms with Gasteiger partial charge in [0.25, 0.3) is 0 Å². The minimum absolute atomic E-state index is 0.138. The minimum atomic E-state index is 0.138. The number of H-pyrrole nitrogens is 1. The minimum Gasteiger partial charge on any atom is -0.495 e. The van der Waals surface area contributed by atoms with Crippen LogP contribution in [0.1, 0.15) is 11.3 Å². The summed E-state index contributed by atoms with van der Waals surface area (Å²) >= 11 is 6.05. The van der Waals surface area contributed by atoms with E-state index in [1.54, 1.807) is 7.11 Å². The number of ether oxygens (including phenoxy) is 1. The number of aliphatic hydroxyl groups is 1. The van der Waals surface area contributed by atoms with Gasteiger partial charge in [-0.1, -0.05) is 11.6 Å². The first-order valence-electron chi connectivity index (χ1n) is 5.13. The molecule has 0 aliphatic carbocycles. The highest BCUT2D eigenvalue weighted by Gasteiger charge is 2.11. The summed E-state index contributed by atoms with van der Waals surface area (Å²) in [4.78, 5) is 3.25. The quantitative estimate of drug-likeness (QED) is 0.865. The summed E-state index contributed by atoms with van der Waals surface area (Å²) in [5, 5.41) is 10.7. The molecule has 86 valence electrons. The van der Waals surface area contributed by atoms with E-state index in [1.165, 1.54) is 0 Å². The Labute approximate surface area is 99.0 Å². The van der Waals surface area contributed by atoms with Crippen LogP contribution in [0.3, 0.4) is 0 Å². The predicted molar refractivity (Wildman–Crippen MR) is 65.4 cm³/mol. The molecule has 3 nitrogen and oxygen atoms in total. The molecule has 1 heterocycles. The number of rotatable bonds is 3. The fraction of sp³-hybridized carbons (Fsp3) is 0.333. The molecular weight excluding hydrogens is 226 g/mol. The lowest BCUT2D eigenvalue weighted by molar-refractivity contribution is 0.300. The van der Waals surface area contributed by atoms with E-state index in [-0.39, 0.29) is 6.61 Å². The monoisotopic (exact) mass is 239 g/mol. The van der Waals surface area contributed by atoms with Crippen LogP contribution in [0.15, 0.2) is 12.1 Å². The molecule has 0 bridgehead atoms. The molecule has 2 aromatic rings. The third-order valence-electron chi connectivity index (χ3n) is 2.75. The molecule has 2 rings (SSSR count). The van der Waals surface area contributed by atoms with Crippen LogP contribution in [0.2, 0.25) is 5.02 Å². The highest BCUT2D eigenvalue weighted by molar-refractivity contribution is 6.32. The number of nitrogens with one attached hydrogen (secondary N) is 1. The Morgan fingerprint density at radius 2 is 2.19 bits per heavy atom. The van der Waals surface area contributed by atoms with Crippen molar-refractivity contribution >= 4 is 22.5 Å². The van der Waals surface area contributed by atoms with Crippen molar-refractivity contribution in [1.29, 1.82) is 0 Å². The van der Waals surface area contributed by atoms with Gasteiger partial charge in [-0.15, -0.1) is 0 Å². The van der Waals surface area contributed by atoms with Gasteiger partial charge in [-0.05, 0) is 31.0 Å². The van der Waals surface area contributed by atoms with Crippen molar-refractivity contribution in [3.8, 4) is 5.75 Å². The molecule has 4 heteroatoms. The van der Waals surface area contributed by atoms with Gasteiger partial charge >= 0.3 is 0 Å². The van der Waals surface area contributed by atoms with Crippen LogP contribution in [-0.4, -0.2) is 23.8 Å². The second kappa shape index (κ2) is 4.36. The van der Waals surface area contributed by atoms with E-state index >= 15 is 0 Å². The number of hydrogen-bond acceptors (Lipinski definition) is 2. The number of methoxy groups -OCH3 is 1. The van der Waals surface area contributed by atoms with Gasteiger partial charge in [-0.25, -0.2) is 0 Å². The van der Waals surface area contributed by atoms with E-state index < -0.39 is 0 Å². The van der Waals surface area contributed by atoms with Crippen molar-refractivity contribution in [2.24, 2.45) is 0 Å². The normalized spacial score (nSPS) is 11.0. The summed E-state index contributed by atoms with van der Waals surface area (Å²) in [7, 11) is 1.60. The molecule has 0 unspecified atom stereocenters. The summed E-state index contributed by atoms with van der Waals surface area (Å²) in [6.45, 7) is 2.13. The van der Waals surface area contributed by atoms with Gasteiger partial charge in [0.2, 0.25) is 0 Å². The Hall–Kier alpha value is -1.19. The van der Waals surface area contributed by atoms with Gasteiger partial charge < -0.3 is 14.8 Å². The maximum absolute atomic E-state index is 9.03. The van der Waals surface area contributed by atoms with Crippen molar-refractivity contribution in [3.05, 3.63) is 28.4 Å². The van der Waals surface area contributed by atoms with E-state index in [2.05, 4.69) is 4.98 Å². The van der Waals surface area contributed by atoms with E-state index in [1.807, 2.05) is 19.1 Å². The number of halogens is 1. The summed E-state index contributed by atoms with van der Waals surface area (Å²) in [5.41, 5.74) is 3.16. The van der Waals surface area contributed by atoms with Crippen molar-refractivity contribution < 1.29 is 9.84 Å². The maximum Gasteiger partial charge on any atom is 0.138 e. The number of aryl methyl sites for hydroxylation is 1. The number of aromatic amines is 1. The molecule has 2 N–H and O–H groups in total. The fourth-order valence-corrected chi connectivity index (χ4v) is 2.22. The molecule has 0 aliphatic heterocycles. The maximum atomic E-state index is 9.03. The zero-order valence-corrected chi connectivity index (χ0v) is 10.1. The zero-order chi connectivity index (χ0) is 11.7. The topological polar surface area (TPSA) is 45.2 Å². The summed E-state index contributed by atoms with van der Waals surface area (Å²) in [6, 6.07) is 3.76. The van der Waals surface area contributed by atoms with Crippen LogP contribution in [0, 0.1) is 6.92 Å². The SMILES string of the molecule is COc1cc2c(CCO)c(C)[nH]c2cc1Cl. The van der Waals surface area contributed by atoms with Crippen LogP contribution in [0.25, 0.3) is 10.9 Å². The Bertz CT molecular complexity index is 519. The third kappa shape index (κ3) is 1.77. The number of fused-ring (bicyclic) bond motifs is 1. The lowest BCUT2D eigenvalue weighted by atomic mass is 10.1. The van der Waals surface area contributed by atoms with Gasteiger partial charge in [0.05, 0.1) is 12.1 Å². The van der Waals surface area contributed by atoms with Crippen LogP contribution < -0.4 is 4.74 Å². The van der Waals surface area contributed by atoms with Crippen LogP contribution in [0.5, 0.6) is 5.75 Å². The van der Waals surface area contributed by atoms with E-state index in [9.17, 15) is 0 Å². The average molecular weight is 240 g/mol. The summed E-state index contributed by atoms with van der Waals surface area (Å²) in [6.07, 6.45) is 0.636. The second-order valence-corrected chi connectivity index (χ2v) is 4.14. The van der Waals surface area contributed by atoms with Crippen LogP contribution in [0.4, 0.5) is 0 Å². The van der Waals surface area contributed by atoms with Gasteiger partial charge in [-0.2, -0.15) is 0 Å². The zero-order valence-electron chi connectivity index (χ0n) is 9.30. The first-order valence-corrected chi connectivity index (χ1v) is 5.50. The molecular formula is C12H14ClNO2. The molecule has 0 atom stereocenters. The molecule has 16 heavy (non-hydrogen) atoms. The molecule has 1 aromatic carbocycles. The van der Waals surface area contributed by atoms with Gasteiger partial charge in [0.1, 0.15) is 5.75 Å². The fourth-order valence-electron chi connectivity index (χ4n) is 1.98. The largest absolute Gasteiger partial charge is 0.495 e. The summed E-state index contributed by atoms with van der Waals surface area (Å²) < 4.78 is 5.19. The van der Waals surface area contributed by atoms with Crippen LogP contribution in [-0.2, 0) is 6.42 Å². The molecule has 1 aromatic heterocycles. The summed E-state index contributed by atoms with van der Waals surface area (Å²) in [5.74, 6) is 0.660. The average Bonchev–Trinajstić information content (AvgIpc) is 2.54. The molecule has 0 aliphatic rings. The van der Waals surface area contributed by atoms with Gasteiger partial charge in [-0.3, -0.25) is 0 Å². The standard InChI is InChI=1S/C12H14ClNO2/c1-7-8(3-4-15)9-5-12(16-2)10(13)6-11(9)14-7/h5-6,14-15H,3-4H2,1-2H3. The Morgan fingerprint density at radius 1 is 1.44 bits per heavy atom.